The van der Waals surface area contributed by atoms with E-state index < -0.39 is 0 Å². The van der Waals surface area contributed by atoms with Gasteiger partial charge in [-0.15, -0.1) is 0 Å². The molecule has 0 saturated carbocycles. The normalized spacial score (nSPS) is 11.2. The molecule has 0 fully saturated rings. The standard InChI is InChI=1S/C15H12OSe/c1-9-7-10(2)15-12(8-9)14(16)11-5-3-4-6-13(11)17-15/h3-8H,1-2H3. The minimum atomic E-state index is 0.190. The van der Waals surface area contributed by atoms with Crippen LogP contribution < -0.4 is 5.43 Å². The van der Waals surface area contributed by atoms with Crippen LogP contribution in [0.4, 0.5) is 0 Å². The van der Waals surface area contributed by atoms with Gasteiger partial charge in [-0.3, -0.25) is 0 Å². The van der Waals surface area contributed by atoms with Crippen molar-refractivity contribution in [3.63, 3.8) is 0 Å². The van der Waals surface area contributed by atoms with Crippen LogP contribution >= 0.6 is 0 Å². The molecule has 2 heteroatoms. The monoisotopic (exact) mass is 288 g/mol. The second-order valence-electron chi connectivity index (χ2n) is 4.39. The topological polar surface area (TPSA) is 17.1 Å². The molecule has 0 aliphatic rings. The first-order chi connectivity index (χ1) is 8.16. The SMILES string of the molecule is Cc1cc(C)c2[se]c3ccccc3c(=O)c2c1. The molecule has 0 aliphatic heterocycles. The van der Waals surface area contributed by atoms with Gasteiger partial charge in [-0.2, -0.15) is 0 Å². The number of hydrogen-bond donors (Lipinski definition) is 0. The Hall–Kier alpha value is -1.37. The van der Waals surface area contributed by atoms with Gasteiger partial charge in [0.15, 0.2) is 0 Å². The molecule has 84 valence electrons. The van der Waals surface area contributed by atoms with Crippen molar-refractivity contribution in [2.45, 2.75) is 13.8 Å². The molecule has 1 aromatic heterocycles. The van der Waals surface area contributed by atoms with E-state index in [1.807, 2.05) is 31.2 Å². The third-order valence-corrected chi connectivity index (χ3v) is 5.78. The number of benzene rings is 2. The van der Waals surface area contributed by atoms with Crippen molar-refractivity contribution in [2.75, 3.05) is 0 Å². The van der Waals surface area contributed by atoms with Crippen molar-refractivity contribution < 1.29 is 0 Å². The van der Waals surface area contributed by atoms with Gasteiger partial charge >= 0.3 is 105 Å². The molecule has 0 N–H and O–H groups in total. The van der Waals surface area contributed by atoms with E-state index in [-0.39, 0.29) is 19.9 Å². The molecule has 0 aliphatic carbocycles. The quantitative estimate of drug-likeness (QED) is 0.459. The van der Waals surface area contributed by atoms with Crippen molar-refractivity contribution in [3.8, 4) is 0 Å². The molecular formula is C15H12OSe. The molecule has 0 atom stereocenters. The van der Waals surface area contributed by atoms with Gasteiger partial charge < -0.3 is 0 Å². The van der Waals surface area contributed by atoms with Crippen LogP contribution in [0.15, 0.2) is 41.2 Å². The van der Waals surface area contributed by atoms with E-state index in [1.54, 1.807) is 0 Å². The summed E-state index contributed by atoms with van der Waals surface area (Å²) in [7, 11) is 0. The molecule has 3 aromatic rings. The fourth-order valence-corrected chi connectivity index (χ4v) is 4.60. The molecule has 1 heterocycles. The number of fused-ring (bicyclic) bond motifs is 2. The van der Waals surface area contributed by atoms with Gasteiger partial charge in [0, 0.05) is 0 Å². The van der Waals surface area contributed by atoms with Crippen molar-refractivity contribution >= 4 is 33.8 Å². The first kappa shape index (κ1) is 10.8. The molecule has 17 heavy (non-hydrogen) atoms. The summed E-state index contributed by atoms with van der Waals surface area (Å²) < 4.78 is 2.47. The Morgan fingerprint density at radius 3 is 2.59 bits per heavy atom. The third kappa shape index (κ3) is 1.65. The van der Waals surface area contributed by atoms with Crippen molar-refractivity contribution in [3.05, 3.63) is 57.7 Å². The zero-order valence-electron chi connectivity index (χ0n) is 9.78. The Morgan fingerprint density at radius 2 is 1.76 bits per heavy atom. The molecule has 0 unspecified atom stereocenters. The molecular weight excluding hydrogens is 275 g/mol. The average Bonchev–Trinajstić information content (AvgIpc) is 2.31. The number of rotatable bonds is 0. The van der Waals surface area contributed by atoms with Gasteiger partial charge in [-0.1, -0.05) is 0 Å². The Bertz CT molecular complexity index is 784. The molecule has 2 aromatic carbocycles. The zero-order valence-corrected chi connectivity index (χ0v) is 11.5. The second-order valence-corrected chi connectivity index (χ2v) is 6.59. The van der Waals surface area contributed by atoms with Crippen molar-refractivity contribution in [2.24, 2.45) is 0 Å². The van der Waals surface area contributed by atoms with Gasteiger partial charge in [-0.05, 0) is 0 Å². The van der Waals surface area contributed by atoms with Crippen LogP contribution in [-0.2, 0) is 0 Å². The number of hydrogen-bond acceptors (Lipinski definition) is 1. The Labute approximate surface area is 105 Å². The van der Waals surface area contributed by atoms with E-state index in [2.05, 4.69) is 19.1 Å². The maximum atomic E-state index is 12.4. The fraction of sp³-hybridized carbons (Fsp3) is 0.133. The minimum absolute atomic E-state index is 0.190. The fourth-order valence-electron chi connectivity index (χ4n) is 2.26. The van der Waals surface area contributed by atoms with Crippen LogP contribution in [-0.4, -0.2) is 14.5 Å². The van der Waals surface area contributed by atoms with Crippen LogP contribution in [0, 0.1) is 13.8 Å². The summed E-state index contributed by atoms with van der Waals surface area (Å²) in [6.07, 6.45) is 0. The molecule has 3 rings (SSSR count). The van der Waals surface area contributed by atoms with Crippen molar-refractivity contribution in [1.29, 1.82) is 0 Å². The second kappa shape index (κ2) is 3.83. The van der Waals surface area contributed by atoms with Crippen LogP contribution in [0.2, 0.25) is 0 Å². The van der Waals surface area contributed by atoms with E-state index in [9.17, 15) is 4.79 Å². The summed E-state index contributed by atoms with van der Waals surface area (Å²) in [5.41, 5.74) is 2.61. The van der Waals surface area contributed by atoms with E-state index in [0.29, 0.717) is 0 Å². The van der Waals surface area contributed by atoms with Gasteiger partial charge in [0.05, 0.1) is 0 Å². The average molecular weight is 287 g/mol. The van der Waals surface area contributed by atoms with Gasteiger partial charge in [0.25, 0.3) is 0 Å². The summed E-state index contributed by atoms with van der Waals surface area (Å²) in [5, 5.41) is 1.81. The first-order valence-electron chi connectivity index (χ1n) is 5.59. The third-order valence-electron chi connectivity index (χ3n) is 3.01. The molecule has 0 bridgehead atoms. The number of aryl methyl sites for hydroxylation is 2. The van der Waals surface area contributed by atoms with Crippen LogP contribution in [0.5, 0.6) is 0 Å². The summed E-state index contributed by atoms with van der Waals surface area (Å²) in [6.45, 7) is 4.16. The molecule has 0 spiro atoms. The Morgan fingerprint density at radius 1 is 1.00 bits per heavy atom. The first-order valence-corrected chi connectivity index (χ1v) is 7.31. The predicted molar refractivity (Wildman–Crippen MR) is 74.1 cm³/mol. The van der Waals surface area contributed by atoms with E-state index in [4.69, 9.17) is 0 Å². The molecule has 0 amide bonds. The van der Waals surface area contributed by atoms with Crippen LogP contribution in [0.1, 0.15) is 11.1 Å². The summed E-state index contributed by atoms with van der Waals surface area (Å²) in [6, 6.07) is 12.2. The van der Waals surface area contributed by atoms with Crippen LogP contribution in [0.25, 0.3) is 19.3 Å². The maximum absolute atomic E-state index is 12.4. The Balaban J connectivity index is 2.64. The van der Waals surface area contributed by atoms with Crippen molar-refractivity contribution in [1.82, 2.24) is 0 Å². The molecule has 0 saturated heterocycles. The van der Waals surface area contributed by atoms with Gasteiger partial charge in [-0.25, -0.2) is 0 Å². The van der Waals surface area contributed by atoms with Gasteiger partial charge in [0.2, 0.25) is 0 Å². The van der Waals surface area contributed by atoms with E-state index in [1.165, 1.54) is 19.6 Å². The Kier molecular flexibility index (Phi) is 2.43. The van der Waals surface area contributed by atoms with Gasteiger partial charge in [0.1, 0.15) is 0 Å². The predicted octanol–water partition coefficient (Wildman–Crippen LogP) is 3.03. The summed E-state index contributed by atoms with van der Waals surface area (Å²) in [4.78, 5) is 12.4. The summed E-state index contributed by atoms with van der Waals surface area (Å²) >= 11 is 0.262. The van der Waals surface area contributed by atoms with E-state index in [0.717, 1.165) is 10.8 Å². The summed E-state index contributed by atoms with van der Waals surface area (Å²) in [5.74, 6) is 0. The van der Waals surface area contributed by atoms with Crippen LogP contribution in [0.3, 0.4) is 0 Å². The molecule has 0 radical (unpaired) electrons. The zero-order chi connectivity index (χ0) is 12.0. The van der Waals surface area contributed by atoms with E-state index >= 15 is 0 Å². The molecule has 1 nitrogen and oxygen atoms in total.